The molecule has 3 nitrogen and oxygen atoms in total. The van der Waals surface area contributed by atoms with Gasteiger partial charge in [0.1, 0.15) is 0 Å². The zero-order chi connectivity index (χ0) is 11.5. The fourth-order valence-corrected chi connectivity index (χ4v) is 1.67. The third-order valence-corrected chi connectivity index (χ3v) is 3.11. The molecule has 0 atom stereocenters. The number of nitrogens with one attached hydrogen (secondary N) is 3. The van der Waals surface area contributed by atoms with Crippen LogP contribution in [0.5, 0.6) is 0 Å². The lowest BCUT2D eigenvalue weighted by Gasteiger charge is -2.12. The first-order valence-corrected chi connectivity index (χ1v) is 6.09. The van der Waals surface area contributed by atoms with E-state index < -0.39 is 0 Å². The minimum absolute atomic E-state index is 0.509. The number of benzene rings is 1. The lowest BCUT2D eigenvalue weighted by molar-refractivity contribution is 0.880. The molecule has 1 aliphatic rings. The first kappa shape index (κ1) is 11.8. The third kappa shape index (κ3) is 3.40. The molecule has 86 valence electrons. The highest BCUT2D eigenvalue weighted by atomic mass is 35.5. The quantitative estimate of drug-likeness (QED) is 0.586. The Morgan fingerprint density at radius 3 is 2.62 bits per heavy atom. The number of hydrogen-bond donors (Lipinski definition) is 3. The summed E-state index contributed by atoms with van der Waals surface area (Å²) in [6.45, 7) is 0. The highest BCUT2D eigenvalue weighted by molar-refractivity contribution is 7.80. The van der Waals surface area contributed by atoms with Crippen LogP contribution in [0.3, 0.4) is 0 Å². The van der Waals surface area contributed by atoms with Crippen molar-refractivity contribution in [3.63, 3.8) is 0 Å². The van der Waals surface area contributed by atoms with Crippen molar-refractivity contribution in [2.45, 2.75) is 18.9 Å². The van der Waals surface area contributed by atoms with Gasteiger partial charge >= 0.3 is 0 Å². The molecule has 16 heavy (non-hydrogen) atoms. The molecule has 0 radical (unpaired) electrons. The molecule has 0 spiro atoms. The fraction of sp³-hybridized carbons (Fsp3) is 0.300. The lowest BCUT2D eigenvalue weighted by Crippen LogP contribution is -2.39. The molecule has 0 heterocycles. The summed E-state index contributed by atoms with van der Waals surface area (Å²) >= 11 is 16.8. The van der Waals surface area contributed by atoms with Gasteiger partial charge < -0.3 is 5.32 Å². The summed E-state index contributed by atoms with van der Waals surface area (Å²) in [5, 5.41) is 4.78. The number of halogens is 2. The Morgan fingerprint density at radius 2 is 2.00 bits per heavy atom. The summed E-state index contributed by atoms with van der Waals surface area (Å²) in [7, 11) is 0. The van der Waals surface area contributed by atoms with Crippen molar-refractivity contribution in [3.05, 3.63) is 28.2 Å². The van der Waals surface area contributed by atoms with E-state index in [-0.39, 0.29) is 0 Å². The van der Waals surface area contributed by atoms with Crippen molar-refractivity contribution >= 4 is 46.2 Å². The molecule has 2 rings (SSSR count). The summed E-state index contributed by atoms with van der Waals surface area (Å²) in [6.07, 6.45) is 2.38. The average molecular weight is 276 g/mol. The SMILES string of the molecule is S=C(NNc1ccc(Cl)c(Cl)c1)NC1CC1. The van der Waals surface area contributed by atoms with Gasteiger partial charge in [0.05, 0.1) is 15.7 Å². The normalized spacial score (nSPS) is 14.4. The molecule has 1 aromatic carbocycles. The Morgan fingerprint density at radius 1 is 1.25 bits per heavy atom. The number of anilines is 1. The standard InChI is InChI=1S/C10H11Cl2N3S/c11-8-4-3-7(5-9(8)12)14-15-10(16)13-6-1-2-6/h3-6,14H,1-2H2,(H2,13,15,16). The topological polar surface area (TPSA) is 36.1 Å². The molecule has 0 unspecified atom stereocenters. The van der Waals surface area contributed by atoms with Crippen LogP contribution in [0, 0.1) is 0 Å². The van der Waals surface area contributed by atoms with E-state index in [4.69, 9.17) is 35.4 Å². The molecule has 1 saturated carbocycles. The third-order valence-electron chi connectivity index (χ3n) is 2.15. The first-order valence-electron chi connectivity index (χ1n) is 4.93. The maximum Gasteiger partial charge on any atom is 0.185 e. The molecule has 0 aliphatic heterocycles. The van der Waals surface area contributed by atoms with Gasteiger partial charge in [0.15, 0.2) is 5.11 Å². The molecule has 1 aromatic rings. The van der Waals surface area contributed by atoms with Gasteiger partial charge in [0, 0.05) is 6.04 Å². The van der Waals surface area contributed by atoms with E-state index in [0.29, 0.717) is 21.2 Å². The zero-order valence-electron chi connectivity index (χ0n) is 8.39. The van der Waals surface area contributed by atoms with Crippen LogP contribution in [0.1, 0.15) is 12.8 Å². The molecule has 1 aliphatic carbocycles. The molecule has 1 fully saturated rings. The van der Waals surface area contributed by atoms with E-state index in [2.05, 4.69) is 16.2 Å². The van der Waals surface area contributed by atoms with Gasteiger partial charge in [-0.2, -0.15) is 0 Å². The highest BCUT2D eigenvalue weighted by Crippen LogP contribution is 2.24. The predicted octanol–water partition coefficient (Wildman–Crippen LogP) is 2.95. The summed E-state index contributed by atoms with van der Waals surface area (Å²) in [4.78, 5) is 0. The van der Waals surface area contributed by atoms with Crippen molar-refractivity contribution in [2.75, 3.05) is 5.43 Å². The second kappa shape index (κ2) is 5.08. The Bertz CT molecular complexity index is 407. The van der Waals surface area contributed by atoms with Gasteiger partial charge in [-0.05, 0) is 43.3 Å². The monoisotopic (exact) mass is 275 g/mol. The number of hydrogen-bond acceptors (Lipinski definition) is 2. The van der Waals surface area contributed by atoms with E-state index in [1.807, 2.05) is 6.07 Å². The van der Waals surface area contributed by atoms with Crippen molar-refractivity contribution in [2.24, 2.45) is 0 Å². The molecule has 0 aromatic heterocycles. The number of rotatable bonds is 3. The summed E-state index contributed by atoms with van der Waals surface area (Å²) in [6, 6.07) is 5.82. The Balaban J connectivity index is 1.83. The molecule has 0 amide bonds. The lowest BCUT2D eigenvalue weighted by atomic mass is 10.3. The van der Waals surface area contributed by atoms with Crippen molar-refractivity contribution < 1.29 is 0 Å². The Kier molecular flexibility index (Phi) is 3.74. The molecule has 6 heteroatoms. The van der Waals surface area contributed by atoms with E-state index in [1.165, 1.54) is 12.8 Å². The van der Waals surface area contributed by atoms with Gasteiger partial charge in [-0.25, -0.2) is 0 Å². The van der Waals surface area contributed by atoms with Crippen LogP contribution in [0.4, 0.5) is 5.69 Å². The van der Waals surface area contributed by atoms with Crippen molar-refractivity contribution in [3.8, 4) is 0 Å². The van der Waals surface area contributed by atoms with E-state index in [0.717, 1.165) is 5.69 Å². The van der Waals surface area contributed by atoms with Crippen LogP contribution >= 0.6 is 35.4 Å². The summed E-state index contributed by atoms with van der Waals surface area (Å²) < 4.78 is 0. The minimum atomic E-state index is 0.509. The largest absolute Gasteiger partial charge is 0.359 e. The first-order chi connectivity index (χ1) is 7.65. The number of hydrazine groups is 1. The average Bonchev–Trinajstić information content (AvgIpc) is 3.04. The molecule has 3 N–H and O–H groups in total. The molecule has 0 bridgehead atoms. The van der Waals surface area contributed by atoms with Gasteiger partial charge in [0.2, 0.25) is 0 Å². The second-order valence-electron chi connectivity index (χ2n) is 3.63. The van der Waals surface area contributed by atoms with Gasteiger partial charge in [-0.3, -0.25) is 10.9 Å². The summed E-state index contributed by atoms with van der Waals surface area (Å²) in [5.41, 5.74) is 6.65. The second-order valence-corrected chi connectivity index (χ2v) is 4.85. The van der Waals surface area contributed by atoms with Crippen LogP contribution < -0.4 is 16.2 Å². The van der Waals surface area contributed by atoms with Crippen LogP contribution in [-0.4, -0.2) is 11.2 Å². The van der Waals surface area contributed by atoms with Crippen molar-refractivity contribution in [1.82, 2.24) is 10.7 Å². The Labute approximate surface area is 109 Å². The minimum Gasteiger partial charge on any atom is -0.359 e. The summed E-state index contributed by atoms with van der Waals surface area (Å²) in [5.74, 6) is 0. The van der Waals surface area contributed by atoms with E-state index >= 15 is 0 Å². The van der Waals surface area contributed by atoms with Gasteiger partial charge in [-0.15, -0.1) is 0 Å². The smallest absolute Gasteiger partial charge is 0.185 e. The zero-order valence-corrected chi connectivity index (χ0v) is 10.7. The van der Waals surface area contributed by atoms with E-state index in [9.17, 15) is 0 Å². The molecular formula is C10H11Cl2N3S. The Hall–Kier alpha value is -0.710. The van der Waals surface area contributed by atoms with Gasteiger partial charge in [-0.1, -0.05) is 23.2 Å². The van der Waals surface area contributed by atoms with Crippen LogP contribution in [0.2, 0.25) is 10.0 Å². The van der Waals surface area contributed by atoms with Crippen LogP contribution in [0.15, 0.2) is 18.2 Å². The van der Waals surface area contributed by atoms with E-state index in [1.54, 1.807) is 12.1 Å². The predicted molar refractivity (Wildman–Crippen MR) is 72.0 cm³/mol. The van der Waals surface area contributed by atoms with Crippen LogP contribution in [-0.2, 0) is 0 Å². The van der Waals surface area contributed by atoms with Gasteiger partial charge in [0.25, 0.3) is 0 Å². The highest BCUT2D eigenvalue weighted by Gasteiger charge is 2.21. The van der Waals surface area contributed by atoms with Crippen LogP contribution in [0.25, 0.3) is 0 Å². The maximum atomic E-state index is 5.88. The number of thiocarbonyl (C=S) groups is 1. The van der Waals surface area contributed by atoms with Crippen molar-refractivity contribution in [1.29, 1.82) is 0 Å². The molecule has 0 saturated heterocycles. The maximum absolute atomic E-state index is 5.88. The fourth-order valence-electron chi connectivity index (χ4n) is 1.15. The molecular weight excluding hydrogens is 265 g/mol.